The van der Waals surface area contributed by atoms with Crippen LogP contribution in [0, 0.1) is 6.92 Å². The standard InChI is InChI=1S/C18H21ClN4OS/c1-12-14(11-25-17-21-20-16(24-17)18(2,3)4)15(19)23(22-12)10-13-8-6-5-7-9-13/h5-9H,10-11H2,1-4H3. The minimum Gasteiger partial charge on any atom is -0.415 e. The Morgan fingerprint density at radius 3 is 2.52 bits per heavy atom. The molecule has 3 aromatic rings. The van der Waals surface area contributed by atoms with Gasteiger partial charge in [0.1, 0.15) is 5.15 Å². The van der Waals surface area contributed by atoms with Crippen molar-refractivity contribution in [2.24, 2.45) is 0 Å². The van der Waals surface area contributed by atoms with E-state index in [4.69, 9.17) is 16.0 Å². The maximum Gasteiger partial charge on any atom is 0.276 e. The maximum absolute atomic E-state index is 6.54. The highest BCUT2D eigenvalue weighted by atomic mass is 35.5. The fourth-order valence-electron chi connectivity index (χ4n) is 2.32. The average Bonchev–Trinajstić information content (AvgIpc) is 3.13. The van der Waals surface area contributed by atoms with Crippen molar-refractivity contribution >= 4 is 23.4 Å². The van der Waals surface area contributed by atoms with Crippen molar-refractivity contribution in [3.05, 3.63) is 58.2 Å². The molecule has 0 saturated heterocycles. The normalized spacial score (nSPS) is 11.9. The Morgan fingerprint density at radius 1 is 1.16 bits per heavy atom. The lowest BCUT2D eigenvalue weighted by atomic mass is 9.97. The van der Waals surface area contributed by atoms with Crippen LogP contribution < -0.4 is 0 Å². The second-order valence-corrected chi connectivity index (χ2v) is 8.19. The molecule has 2 aromatic heterocycles. The van der Waals surface area contributed by atoms with E-state index in [2.05, 4.69) is 27.4 Å². The minimum atomic E-state index is -0.153. The van der Waals surface area contributed by atoms with Gasteiger partial charge in [-0.05, 0) is 12.5 Å². The molecule has 7 heteroatoms. The number of hydrogen-bond donors (Lipinski definition) is 0. The van der Waals surface area contributed by atoms with Crippen LogP contribution in [0.2, 0.25) is 5.15 Å². The Kier molecular flexibility index (Phi) is 5.20. The smallest absolute Gasteiger partial charge is 0.276 e. The van der Waals surface area contributed by atoms with Gasteiger partial charge in [0, 0.05) is 16.7 Å². The molecule has 25 heavy (non-hydrogen) atoms. The van der Waals surface area contributed by atoms with Gasteiger partial charge in [-0.15, -0.1) is 10.2 Å². The first-order chi connectivity index (χ1) is 11.8. The zero-order valence-corrected chi connectivity index (χ0v) is 16.4. The van der Waals surface area contributed by atoms with E-state index in [1.165, 1.54) is 11.8 Å². The summed E-state index contributed by atoms with van der Waals surface area (Å²) >= 11 is 8.02. The Labute approximate surface area is 156 Å². The minimum absolute atomic E-state index is 0.153. The van der Waals surface area contributed by atoms with Crippen molar-refractivity contribution in [1.82, 2.24) is 20.0 Å². The number of aryl methyl sites for hydroxylation is 1. The fraction of sp³-hybridized carbons (Fsp3) is 0.389. The number of benzene rings is 1. The molecule has 3 rings (SSSR count). The molecule has 0 fully saturated rings. The Bertz CT molecular complexity index is 852. The van der Waals surface area contributed by atoms with E-state index >= 15 is 0 Å². The molecule has 0 bridgehead atoms. The van der Waals surface area contributed by atoms with Crippen LogP contribution in [0.25, 0.3) is 0 Å². The highest BCUT2D eigenvalue weighted by molar-refractivity contribution is 7.98. The average molecular weight is 377 g/mol. The first-order valence-corrected chi connectivity index (χ1v) is 9.43. The summed E-state index contributed by atoms with van der Waals surface area (Å²) < 4.78 is 7.55. The lowest BCUT2D eigenvalue weighted by Gasteiger charge is -2.10. The predicted octanol–water partition coefficient (Wildman–Crippen LogP) is 4.87. The zero-order chi connectivity index (χ0) is 18.0. The molecule has 5 nitrogen and oxygen atoms in total. The lowest BCUT2D eigenvalue weighted by molar-refractivity contribution is 0.347. The first-order valence-electron chi connectivity index (χ1n) is 8.07. The van der Waals surface area contributed by atoms with E-state index < -0.39 is 0 Å². The Balaban J connectivity index is 1.72. The third-order valence-electron chi connectivity index (χ3n) is 3.75. The van der Waals surface area contributed by atoms with Gasteiger partial charge in [0.2, 0.25) is 5.89 Å². The summed E-state index contributed by atoms with van der Waals surface area (Å²) in [6, 6.07) is 10.2. The van der Waals surface area contributed by atoms with Crippen molar-refractivity contribution in [3.8, 4) is 0 Å². The first kappa shape index (κ1) is 18.0. The molecule has 0 saturated carbocycles. The summed E-state index contributed by atoms with van der Waals surface area (Å²) in [7, 11) is 0. The van der Waals surface area contributed by atoms with Crippen LogP contribution in [0.1, 0.15) is 43.5 Å². The van der Waals surface area contributed by atoms with E-state index in [9.17, 15) is 0 Å². The van der Waals surface area contributed by atoms with Crippen LogP contribution in [0.3, 0.4) is 0 Å². The molecule has 0 aliphatic carbocycles. The Hall–Kier alpha value is -1.79. The number of rotatable bonds is 5. The number of aromatic nitrogens is 4. The molecule has 0 spiro atoms. The van der Waals surface area contributed by atoms with Gasteiger partial charge in [-0.3, -0.25) is 0 Å². The maximum atomic E-state index is 6.54. The van der Waals surface area contributed by atoms with Crippen LogP contribution in [-0.2, 0) is 17.7 Å². The van der Waals surface area contributed by atoms with E-state index in [-0.39, 0.29) is 5.41 Å². The second kappa shape index (κ2) is 7.22. The van der Waals surface area contributed by atoms with Crippen LogP contribution in [0.4, 0.5) is 0 Å². The summed E-state index contributed by atoms with van der Waals surface area (Å²) in [5, 5.41) is 14.0. The molecular formula is C18H21ClN4OS. The monoisotopic (exact) mass is 376 g/mol. The topological polar surface area (TPSA) is 56.7 Å². The molecule has 0 atom stereocenters. The van der Waals surface area contributed by atoms with Crippen molar-refractivity contribution in [1.29, 1.82) is 0 Å². The molecule has 132 valence electrons. The van der Waals surface area contributed by atoms with Gasteiger partial charge in [-0.2, -0.15) is 5.10 Å². The van der Waals surface area contributed by atoms with Crippen LogP contribution in [0.5, 0.6) is 0 Å². The van der Waals surface area contributed by atoms with E-state index in [1.807, 2.05) is 50.6 Å². The number of halogens is 1. The van der Waals surface area contributed by atoms with Gasteiger partial charge < -0.3 is 4.42 Å². The van der Waals surface area contributed by atoms with Crippen LogP contribution >= 0.6 is 23.4 Å². The molecule has 0 unspecified atom stereocenters. The van der Waals surface area contributed by atoms with Gasteiger partial charge in [0.05, 0.1) is 12.2 Å². The SMILES string of the molecule is Cc1nn(Cc2ccccc2)c(Cl)c1CSc1nnc(C(C)(C)C)o1. The molecular weight excluding hydrogens is 356 g/mol. The third kappa shape index (κ3) is 4.25. The van der Waals surface area contributed by atoms with Crippen molar-refractivity contribution in [3.63, 3.8) is 0 Å². The van der Waals surface area contributed by atoms with Gasteiger partial charge >= 0.3 is 0 Å². The quantitative estimate of drug-likeness (QED) is 0.595. The van der Waals surface area contributed by atoms with Gasteiger partial charge in [-0.25, -0.2) is 4.68 Å². The van der Waals surface area contributed by atoms with Gasteiger partial charge in [0.25, 0.3) is 5.22 Å². The predicted molar refractivity (Wildman–Crippen MR) is 100 cm³/mol. The molecule has 2 heterocycles. The fourth-order valence-corrected chi connectivity index (χ4v) is 3.55. The summed E-state index contributed by atoms with van der Waals surface area (Å²) in [6.45, 7) is 8.76. The summed E-state index contributed by atoms with van der Waals surface area (Å²) in [5.74, 6) is 1.28. The largest absolute Gasteiger partial charge is 0.415 e. The molecule has 0 N–H and O–H groups in total. The molecule has 1 aromatic carbocycles. The number of nitrogens with zero attached hydrogens (tertiary/aromatic N) is 4. The summed E-state index contributed by atoms with van der Waals surface area (Å²) in [6.07, 6.45) is 0. The van der Waals surface area contributed by atoms with Crippen LogP contribution in [-0.4, -0.2) is 20.0 Å². The highest BCUT2D eigenvalue weighted by Crippen LogP contribution is 2.30. The molecule has 0 aliphatic rings. The highest BCUT2D eigenvalue weighted by Gasteiger charge is 2.22. The van der Waals surface area contributed by atoms with E-state index in [0.29, 0.717) is 28.6 Å². The third-order valence-corrected chi connectivity index (χ3v) is 5.01. The van der Waals surface area contributed by atoms with Crippen molar-refractivity contribution in [2.45, 2.75) is 50.6 Å². The van der Waals surface area contributed by atoms with Crippen molar-refractivity contribution < 1.29 is 4.42 Å². The molecule has 0 amide bonds. The lowest BCUT2D eigenvalue weighted by Crippen LogP contribution is -2.11. The molecule has 0 radical (unpaired) electrons. The van der Waals surface area contributed by atoms with E-state index in [1.54, 1.807) is 0 Å². The number of hydrogen-bond acceptors (Lipinski definition) is 5. The van der Waals surface area contributed by atoms with Gasteiger partial charge in [-0.1, -0.05) is 74.5 Å². The van der Waals surface area contributed by atoms with Crippen LogP contribution in [0.15, 0.2) is 40.0 Å². The van der Waals surface area contributed by atoms with E-state index in [0.717, 1.165) is 16.8 Å². The Morgan fingerprint density at radius 2 is 1.88 bits per heavy atom. The van der Waals surface area contributed by atoms with Gasteiger partial charge in [0.15, 0.2) is 0 Å². The number of thioether (sulfide) groups is 1. The van der Waals surface area contributed by atoms with Crippen molar-refractivity contribution in [2.75, 3.05) is 0 Å². The zero-order valence-electron chi connectivity index (χ0n) is 14.8. The summed E-state index contributed by atoms with van der Waals surface area (Å²) in [5.41, 5.74) is 2.93. The second-order valence-electron chi connectivity index (χ2n) is 6.91. The summed E-state index contributed by atoms with van der Waals surface area (Å²) in [4.78, 5) is 0. The molecule has 0 aliphatic heterocycles.